The molecule has 0 amide bonds. The largest absolute Gasteiger partial charge is 0.335 e. The van der Waals surface area contributed by atoms with Crippen LogP contribution in [0.5, 0.6) is 0 Å². The monoisotopic (exact) mass is 181 g/mol. The minimum absolute atomic E-state index is 0.688. The molecule has 1 rings (SSSR count). The minimum Gasteiger partial charge on any atom is -0.335 e. The van der Waals surface area contributed by atoms with Crippen LogP contribution in [0, 0.1) is 6.54 Å². The second kappa shape index (κ2) is 3.73. The Balaban J connectivity index is 2.32. The highest BCUT2D eigenvalue weighted by Crippen LogP contribution is 2.16. The Morgan fingerprint density at radius 1 is 1.33 bits per heavy atom. The second-order valence-electron chi connectivity index (χ2n) is 2.14. The fraction of sp³-hybridized carbons (Fsp3) is 0.667. The quantitative estimate of drug-likeness (QED) is 0.596. The molecule has 2 nitrogen and oxygen atoms in total. The van der Waals surface area contributed by atoms with Gasteiger partial charge in [-0.3, -0.25) is 4.99 Å². The van der Waals surface area contributed by atoms with Crippen molar-refractivity contribution in [2.45, 2.75) is 18.9 Å². The summed E-state index contributed by atoms with van der Waals surface area (Å²) in [5.41, 5.74) is 0. The van der Waals surface area contributed by atoms with Crippen molar-refractivity contribution < 1.29 is 17.6 Å². The van der Waals surface area contributed by atoms with Crippen molar-refractivity contribution in [3.05, 3.63) is 6.54 Å². The van der Waals surface area contributed by atoms with Gasteiger partial charge in [-0.25, -0.2) is 17.6 Å². The highest BCUT2D eigenvalue weighted by molar-refractivity contribution is 5.59. The highest BCUT2D eigenvalue weighted by Gasteiger charge is 2.29. The zero-order chi connectivity index (χ0) is 9.14. The van der Waals surface area contributed by atoms with Crippen molar-refractivity contribution in [3.8, 4) is 0 Å². The molecule has 0 aromatic heterocycles. The Morgan fingerprint density at radius 3 is 2.42 bits per heavy atom. The average Bonchev–Trinajstić information content (AvgIpc) is 2.34. The molecule has 0 aromatic rings. The van der Waals surface area contributed by atoms with Gasteiger partial charge in [0.25, 0.3) is 12.9 Å². The lowest BCUT2D eigenvalue weighted by Crippen LogP contribution is -2.26. The van der Waals surface area contributed by atoms with E-state index in [0.717, 1.165) is 4.90 Å². The third kappa shape index (κ3) is 2.35. The predicted molar refractivity (Wildman–Crippen MR) is 33.2 cm³/mol. The van der Waals surface area contributed by atoms with Crippen molar-refractivity contribution in [3.63, 3.8) is 0 Å². The van der Waals surface area contributed by atoms with E-state index in [4.69, 9.17) is 0 Å². The molecule has 0 bridgehead atoms. The summed E-state index contributed by atoms with van der Waals surface area (Å²) in [6.45, 7) is 1.36. The third-order valence-corrected chi connectivity index (χ3v) is 1.16. The lowest BCUT2D eigenvalue weighted by atomic mass is 10.3. The summed E-state index contributed by atoms with van der Waals surface area (Å²) in [6, 6.07) is -1.44. The van der Waals surface area contributed by atoms with E-state index in [1.165, 1.54) is 0 Å². The zero-order valence-corrected chi connectivity index (χ0v) is 5.85. The van der Waals surface area contributed by atoms with Crippen molar-refractivity contribution in [2.75, 3.05) is 6.54 Å². The van der Waals surface area contributed by atoms with Crippen LogP contribution >= 0.6 is 0 Å². The van der Waals surface area contributed by atoms with Gasteiger partial charge in [0, 0.05) is 0 Å². The lowest BCUT2D eigenvalue weighted by Gasteiger charge is -2.12. The van der Waals surface area contributed by atoms with Gasteiger partial charge in [-0.15, -0.1) is 0 Å². The van der Waals surface area contributed by atoms with Crippen molar-refractivity contribution in [2.24, 2.45) is 4.99 Å². The molecule has 1 atom stereocenters. The first-order chi connectivity index (χ1) is 5.59. The number of aliphatic imine (C=N–C) groups is 1. The van der Waals surface area contributed by atoms with Crippen molar-refractivity contribution in [1.29, 1.82) is 0 Å². The van der Waals surface area contributed by atoms with E-state index in [0.29, 0.717) is 0 Å². The number of rotatable bonds is 3. The predicted octanol–water partition coefficient (Wildman–Crippen LogP) is 1.14. The molecule has 67 valence electrons. The first kappa shape index (κ1) is 9.28. The molecular formula is C6H5F4N2. The molecule has 1 aliphatic heterocycles. The molecule has 1 heterocycles. The van der Waals surface area contributed by atoms with Crippen LogP contribution in [0.15, 0.2) is 4.99 Å². The standard InChI is InChI=1S/C6H5F4N2/c7-5(8)2-12-1-4(6(9)10)11-3-12/h4-6H,2H2. The third-order valence-electron chi connectivity index (χ3n) is 1.16. The van der Waals surface area contributed by atoms with Gasteiger partial charge in [0.1, 0.15) is 12.6 Å². The Hall–Kier alpha value is -0.810. The number of hydrogen-bond acceptors (Lipinski definition) is 2. The molecule has 3 radical (unpaired) electrons. The molecular weight excluding hydrogens is 176 g/mol. The van der Waals surface area contributed by atoms with Crippen LogP contribution in [0.2, 0.25) is 0 Å². The molecule has 12 heavy (non-hydrogen) atoms. The van der Waals surface area contributed by atoms with E-state index in [1.54, 1.807) is 0 Å². The summed E-state index contributed by atoms with van der Waals surface area (Å²) in [4.78, 5) is 3.87. The van der Waals surface area contributed by atoms with E-state index in [1.807, 2.05) is 12.9 Å². The van der Waals surface area contributed by atoms with Gasteiger partial charge in [0.05, 0.1) is 6.54 Å². The Morgan fingerprint density at radius 2 is 2.00 bits per heavy atom. The van der Waals surface area contributed by atoms with Gasteiger partial charge in [0.2, 0.25) is 0 Å². The first-order valence-electron chi connectivity index (χ1n) is 3.15. The summed E-state index contributed by atoms with van der Waals surface area (Å²) >= 11 is 0. The van der Waals surface area contributed by atoms with Gasteiger partial charge in [0.15, 0.2) is 6.34 Å². The summed E-state index contributed by atoms with van der Waals surface area (Å²) < 4.78 is 47.0. The van der Waals surface area contributed by atoms with Crippen molar-refractivity contribution in [1.82, 2.24) is 4.90 Å². The van der Waals surface area contributed by atoms with Crippen molar-refractivity contribution >= 4 is 6.34 Å². The van der Waals surface area contributed by atoms with E-state index in [2.05, 4.69) is 4.99 Å². The van der Waals surface area contributed by atoms with Gasteiger partial charge < -0.3 is 4.90 Å². The molecule has 0 saturated heterocycles. The van der Waals surface area contributed by atoms with E-state index in [9.17, 15) is 17.6 Å². The van der Waals surface area contributed by atoms with Crippen LogP contribution in [-0.2, 0) is 0 Å². The summed E-state index contributed by atoms with van der Waals surface area (Å²) in [6.07, 6.45) is -3.30. The molecule has 6 heteroatoms. The molecule has 1 unspecified atom stereocenters. The number of halogens is 4. The fourth-order valence-corrected chi connectivity index (χ4v) is 0.694. The lowest BCUT2D eigenvalue weighted by molar-refractivity contribution is 0.107. The summed E-state index contributed by atoms with van der Waals surface area (Å²) in [5.74, 6) is 0. The van der Waals surface area contributed by atoms with Crippen LogP contribution in [0.25, 0.3) is 0 Å². The molecule has 0 N–H and O–H groups in total. The van der Waals surface area contributed by atoms with Gasteiger partial charge in [-0.05, 0) is 0 Å². The van der Waals surface area contributed by atoms with E-state index < -0.39 is 25.4 Å². The van der Waals surface area contributed by atoms with E-state index in [-0.39, 0.29) is 0 Å². The fourth-order valence-electron chi connectivity index (χ4n) is 0.694. The normalized spacial score (nSPS) is 23.2. The summed E-state index contributed by atoms with van der Waals surface area (Å²) in [5, 5.41) is 0. The Bertz CT molecular complexity index is 171. The number of nitrogens with zero attached hydrogens (tertiary/aromatic N) is 2. The van der Waals surface area contributed by atoms with Crippen LogP contribution < -0.4 is 0 Å². The van der Waals surface area contributed by atoms with Gasteiger partial charge in [-0.1, -0.05) is 0 Å². The number of alkyl halides is 4. The maximum Gasteiger partial charge on any atom is 0.263 e. The Labute approximate surface area is 66.9 Å². The first-order valence-corrected chi connectivity index (χ1v) is 3.15. The maximum atomic E-state index is 11.8. The average molecular weight is 181 g/mol. The maximum absolute atomic E-state index is 11.8. The zero-order valence-electron chi connectivity index (χ0n) is 5.85. The summed E-state index contributed by atoms with van der Waals surface area (Å²) in [7, 11) is 0. The van der Waals surface area contributed by atoms with Gasteiger partial charge in [-0.2, -0.15) is 0 Å². The molecule has 1 aliphatic rings. The van der Waals surface area contributed by atoms with Crippen LogP contribution in [0.1, 0.15) is 0 Å². The van der Waals surface area contributed by atoms with Crippen LogP contribution in [-0.4, -0.2) is 36.7 Å². The van der Waals surface area contributed by atoms with Crippen LogP contribution in [0.4, 0.5) is 17.6 Å². The second-order valence-corrected chi connectivity index (χ2v) is 2.14. The van der Waals surface area contributed by atoms with Gasteiger partial charge >= 0.3 is 0 Å². The smallest absolute Gasteiger partial charge is 0.263 e. The molecule has 0 aromatic carbocycles. The molecule has 0 saturated carbocycles. The molecule has 0 fully saturated rings. The molecule has 0 aliphatic carbocycles. The SMILES string of the molecule is FC(F)CN1[C]C(C(F)F)N=[C]1. The highest BCUT2D eigenvalue weighted by atomic mass is 19.3. The molecule has 0 spiro atoms. The number of hydrogen-bond donors (Lipinski definition) is 0. The van der Waals surface area contributed by atoms with Crippen LogP contribution in [0.3, 0.4) is 0 Å². The minimum atomic E-state index is -2.71. The topological polar surface area (TPSA) is 15.6 Å². The Kier molecular flexibility index (Phi) is 2.88. The van der Waals surface area contributed by atoms with E-state index >= 15 is 0 Å².